The Morgan fingerprint density at radius 3 is 2.29 bits per heavy atom. The minimum Gasteiger partial charge on any atom is -0.465 e. The van der Waals surface area contributed by atoms with Gasteiger partial charge in [-0.15, -0.1) is 0 Å². The van der Waals surface area contributed by atoms with Gasteiger partial charge in [-0.2, -0.15) is 0 Å². The molecule has 0 spiro atoms. The predicted octanol–water partition coefficient (Wildman–Crippen LogP) is 2.09. The second-order valence-corrected chi connectivity index (χ2v) is 2.67. The van der Waals surface area contributed by atoms with Crippen LogP contribution < -0.4 is 0 Å². The fourth-order valence-electron chi connectivity index (χ4n) is 1.02. The highest BCUT2D eigenvalue weighted by molar-refractivity contribution is 5.89. The number of hydrogen-bond acceptors (Lipinski definition) is 3. The minimum atomic E-state index is -1.46. The van der Waals surface area contributed by atoms with E-state index in [1.807, 2.05) is 0 Å². The molecule has 0 saturated heterocycles. The first-order valence-electron chi connectivity index (χ1n) is 4.04. The third kappa shape index (κ3) is 2.29. The van der Waals surface area contributed by atoms with E-state index in [1.54, 1.807) is 0 Å². The van der Waals surface area contributed by atoms with Gasteiger partial charge < -0.3 is 9.47 Å². The molecule has 1 aromatic carbocycles. The zero-order chi connectivity index (χ0) is 10.6. The Morgan fingerprint density at radius 1 is 1.29 bits per heavy atom. The van der Waals surface area contributed by atoms with Gasteiger partial charge in [-0.1, -0.05) is 12.1 Å². The smallest absolute Gasteiger partial charge is 0.337 e. The number of carbonyl (C=O) groups is 1. The molecule has 0 aliphatic carbocycles. The fraction of sp³-hybridized carbons (Fsp3) is 0.300. The summed E-state index contributed by atoms with van der Waals surface area (Å²) in [6, 6.07) is 5.96. The van der Waals surface area contributed by atoms with Crippen LogP contribution in [0.1, 0.15) is 22.3 Å². The van der Waals surface area contributed by atoms with E-state index in [9.17, 15) is 9.18 Å². The van der Waals surface area contributed by atoms with Gasteiger partial charge in [0.05, 0.1) is 12.7 Å². The molecule has 14 heavy (non-hydrogen) atoms. The zero-order valence-electron chi connectivity index (χ0n) is 7.99. The van der Waals surface area contributed by atoms with Crippen molar-refractivity contribution < 1.29 is 18.7 Å². The lowest BCUT2D eigenvalue weighted by Crippen LogP contribution is -2.01. The van der Waals surface area contributed by atoms with E-state index in [0.29, 0.717) is 11.1 Å². The highest BCUT2D eigenvalue weighted by Crippen LogP contribution is 2.18. The molecular formula is C10H11FO3. The van der Waals surface area contributed by atoms with E-state index in [4.69, 9.17) is 0 Å². The van der Waals surface area contributed by atoms with E-state index in [0.717, 1.165) is 0 Å². The van der Waals surface area contributed by atoms with E-state index in [2.05, 4.69) is 9.47 Å². The lowest BCUT2D eigenvalue weighted by molar-refractivity contribution is -0.00664. The first kappa shape index (κ1) is 10.7. The molecule has 0 aliphatic heterocycles. The summed E-state index contributed by atoms with van der Waals surface area (Å²) in [5.74, 6) is -0.440. The molecule has 76 valence electrons. The number of benzene rings is 1. The van der Waals surface area contributed by atoms with Crippen LogP contribution in [-0.4, -0.2) is 20.2 Å². The molecular weight excluding hydrogens is 187 g/mol. The summed E-state index contributed by atoms with van der Waals surface area (Å²) in [7, 11) is 2.57. The summed E-state index contributed by atoms with van der Waals surface area (Å²) in [5.41, 5.74) is 0.764. The number of methoxy groups -OCH3 is 2. The van der Waals surface area contributed by atoms with E-state index < -0.39 is 12.3 Å². The molecule has 0 radical (unpaired) electrons. The highest BCUT2D eigenvalue weighted by Gasteiger charge is 2.09. The molecule has 0 saturated carbocycles. The van der Waals surface area contributed by atoms with Crippen molar-refractivity contribution in [1.82, 2.24) is 0 Å². The highest BCUT2D eigenvalue weighted by atomic mass is 19.1. The Hall–Kier alpha value is -1.42. The normalized spacial score (nSPS) is 12.2. The summed E-state index contributed by atoms with van der Waals surface area (Å²) in [6.45, 7) is 0. The third-order valence-corrected chi connectivity index (χ3v) is 1.80. The number of hydrogen-bond donors (Lipinski definition) is 0. The largest absolute Gasteiger partial charge is 0.465 e. The molecule has 3 nitrogen and oxygen atoms in total. The van der Waals surface area contributed by atoms with E-state index in [1.165, 1.54) is 38.5 Å². The van der Waals surface area contributed by atoms with Crippen LogP contribution in [0, 0.1) is 0 Å². The number of halogens is 1. The summed E-state index contributed by atoms with van der Waals surface area (Å²) in [4.78, 5) is 11.0. The van der Waals surface area contributed by atoms with Gasteiger partial charge in [-0.3, -0.25) is 0 Å². The molecule has 0 aliphatic rings. The molecule has 0 bridgehead atoms. The monoisotopic (exact) mass is 198 g/mol. The number of esters is 1. The maximum atomic E-state index is 12.9. The average Bonchev–Trinajstić information content (AvgIpc) is 2.27. The van der Waals surface area contributed by atoms with Crippen LogP contribution >= 0.6 is 0 Å². The summed E-state index contributed by atoms with van der Waals surface area (Å²) in [5, 5.41) is 0. The second-order valence-electron chi connectivity index (χ2n) is 2.67. The Balaban J connectivity index is 2.83. The van der Waals surface area contributed by atoms with Crippen molar-refractivity contribution in [2.45, 2.75) is 6.36 Å². The third-order valence-electron chi connectivity index (χ3n) is 1.80. The van der Waals surface area contributed by atoms with Crippen LogP contribution in [0.5, 0.6) is 0 Å². The van der Waals surface area contributed by atoms with Crippen LogP contribution in [0.25, 0.3) is 0 Å². The van der Waals surface area contributed by atoms with Gasteiger partial charge in [0.2, 0.25) is 6.36 Å². The first-order valence-corrected chi connectivity index (χ1v) is 4.04. The molecule has 0 N–H and O–H groups in total. The van der Waals surface area contributed by atoms with Crippen LogP contribution in [0.4, 0.5) is 4.39 Å². The van der Waals surface area contributed by atoms with Crippen molar-refractivity contribution in [1.29, 1.82) is 0 Å². The van der Waals surface area contributed by atoms with Gasteiger partial charge in [0, 0.05) is 12.7 Å². The fourth-order valence-corrected chi connectivity index (χ4v) is 1.02. The van der Waals surface area contributed by atoms with Gasteiger partial charge in [-0.05, 0) is 12.1 Å². The van der Waals surface area contributed by atoms with Crippen molar-refractivity contribution >= 4 is 5.97 Å². The molecule has 0 amide bonds. The van der Waals surface area contributed by atoms with E-state index in [-0.39, 0.29) is 0 Å². The van der Waals surface area contributed by atoms with Crippen LogP contribution in [0.3, 0.4) is 0 Å². The van der Waals surface area contributed by atoms with Gasteiger partial charge in [-0.25, -0.2) is 9.18 Å². The molecule has 1 unspecified atom stereocenters. The number of alkyl halides is 1. The molecule has 0 heterocycles. The SMILES string of the molecule is COC(=O)c1ccc(C(F)OC)cc1. The van der Waals surface area contributed by atoms with Crippen molar-refractivity contribution in [3.05, 3.63) is 35.4 Å². The molecule has 4 heteroatoms. The molecule has 1 atom stereocenters. The Kier molecular flexibility index (Phi) is 3.59. The lowest BCUT2D eigenvalue weighted by atomic mass is 10.1. The van der Waals surface area contributed by atoms with Crippen molar-refractivity contribution in [3.63, 3.8) is 0 Å². The lowest BCUT2D eigenvalue weighted by Gasteiger charge is -2.06. The molecule has 1 aromatic rings. The Bertz CT molecular complexity index is 308. The second kappa shape index (κ2) is 4.72. The Labute approximate surface area is 81.4 Å². The van der Waals surface area contributed by atoms with Crippen LogP contribution in [0.2, 0.25) is 0 Å². The van der Waals surface area contributed by atoms with Crippen molar-refractivity contribution in [2.75, 3.05) is 14.2 Å². The first-order chi connectivity index (χ1) is 6.69. The van der Waals surface area contributed by atoms with E-state index >= 15 is 0 Å². The van der Waals surface area contributed by atoms with Crippen molar-refractivity contribution in [2.24, 2.45) is 0 Å². The number of carbonyl (C=O) groups excluding carboxylic acids is 1. The van der Waals surface area contributed by atoms with Gasteiger partial charge in [0.25, 0.3) is 0 Å². The average molecular weight is 198 g/mol. The number of ether oxygens (including phenoxy) is 2. The summed E-state index contributed by atoms with van der Waals surface area (Å²) < 4.78 is 21.9. The molecule has 0 fully saturated rings. The van der Waals surface area contributed by atoms with Crippen LogP contribution in [-0.2, 0) is 9.47 Å². The van der Waals surface area contributed by atoms with Gasteiger partial charge in [0.1, 0.15) is 0 Å². The maximum Gasteiger partial charge on any atom is 0.337 e. The standard InChI is InChI=1S/C10H11FO3/c1-13-9(11)7-3-5-8(6-4-7)10(12)14-2/h3-6,9H,1-2H3. The summed E-state index contributed by atoms with van der Waals surface area (Å²) in [6.07, 6.45) is -1.46. The van der Waals surface area contributed by atoms with Crippen molar-refractivity contribution in [3.8, 4) is 0 Å². The molecule has 1 rings (SSSR count). The molecule has 0 aromatic heterocycles. The van der Waals surface area contributed by atoms with Gasteiger partial charge >= 0.3 is 5.97 Å². The summed E-state index contributed by atoms with van der Waals surface area (Å²) >= 11 is 0. The Morgan fingerprint density at radius 2 is 1.86 bits per heavy atom. The number of rotatable bonds is 3. The zero-order valence-corrected chi connectivity index (χ0v) is 7.99. The topological polar surface area (TPSA) is 35.5 Å². The van der Waals surface area contributed by atoms with Crippen LogP contribution in [0.15, 0.2) is 24.3 Å². The quantitative estimate of drug-likeness (QED) is 0.697. The minimum absolute atomic E-state index is 0.375. The maximum absolute atomic E-state index is 12.9. The predicted molar refractivity (Wildman–Crippen MR) is 48.6 cm³/mol. The van der Waals surface area contributed by atoms with Gasteiger partial charge in [0.15, 0.2) is 0 Å².